The highest BCUT2D eigenvalue weighted by Gasteiger charge is 2.32. The molecule has 0 aliphatic carbocycles. The molecular weight excluding hydrogens is 412 g/mol. The van der Waals surface area contributed by atoms with E-state index in [0.29, 0.717) is 18.8 Å². The molecule has 1 aliphatic heterocycles. The van der Waals surface area contributed by atoms with E-state index < -0.39 is 18.0 Å². The molecular formula is C23H34N4O5. The Labute approximate surface area is 188 Å². The van der Waals surface area contributed by atoms with E-state index >= 15 is 0 Å². The summed E-state index contributed by atoms with van der Waals surface area (Å²) >= 11 is 0. The minimum atomic E-state index is -1.19. The molecule has 2 aromatic rings. The number of ether oxygens (including phenoxy) is 1. The van der Waals surface area contributed by atoms with Crippen molar-refractivity contribution in [1.29, 1.82) is 0 Å². The Kier molecular flexibility index (Phi) is 9.48. The van der Waals surface area contributed by atoms with Crippen LogP contribution in [0.4, 0.5) is 0 Å². The van der Waals surface area contributed by atoms with Gasteiger partial charge in [0.15, 0.2) is 5.76 Å². The van der Waals surface area contributed by atoms with Crippen LogP contribution < -0.4 is 10.6 Å². The second-order valence-corrected chi connectivity index (χ2v) is 8.03. The zero-order chi connectivity index (χ0) is 22.8. The smallest absolute Gasteiger partial charge is 0.313 e. The van der Waals surface area contributed by atoms with Crippen LogP contribution >= 0.6 is 0 Å². The lowest BCUT2D eigenvalue weighted by atomic mass is 9.99. The quantitative estimate of drug-likeness (QED) is 0.284. The van der Waals surface area contributed by atoms with E-state index in [1.54, 1.807) is 30.3 Å². The highest BCUT2D eigenvalue weighted by molar-refractivity contribution is 5.73. The number of carbonyl (C=O) groups excluding carboxylic acids is 1. The molecule has 1 saturated heterocycles. The fraction of sp³-hybridized carbons (Fsp3) is 0.565. The lowest BCUT2D eigenvalue weighted by molar-refractivity contribution is -0.153. The van der Waals surface area contributed by atoms with E-state index in [4.69, 9.17) is 9.26 Å². The van der Waals surface area contributed by atoms with E-state index in [2.05, 4.69) is 20.7 Å². The minimum Gasteiger partial charge on any atom is -0.508 e. The number of hydrogen-bond acceptors (Lipinski definition) is 9. The van der Waals surface area contributed by atoms with Crippen molar-refractivity contribution in [3.63, 3.8) is 0 Å². The summed E-state index contributed by atoms with van der Waals surface area (Å²) in [5.74, 6) is -0.910. The number of carbonyl (C=O) groups is 1. The highest BCUT2D eigenvalue weighted by atomic mass is 16.5. The molecule has 1 aliphatic rings. The second kappa shape index (κ2) is 12.5. The molecule has 9 nitrogen and oxygen atoms in total. The molecule has 2 heterocycles. The Bertz CT molecular complexity index is 820. The number of phenolic OH excluding ortho intramolecular Hbond substituents is 1. The number of unbranched alkanes of at least 4 members (excludes halogenated alkanes) is 1. The average Bonchev–Trinajstić information content (AvgIpc) is 3.30. The predicted octanol–water partition coefficient (Wildman–Crippen LogP) is 1.53. The molecule has 0 saturated carbocycles. The van der Waals surface area contributed by atoms with Crippen LogP contribution in [0.2, 0.25) is 0 Å². The fourth-order valence-corrected chi connectivity index (χ4v) is 3.57. The first-order chi connectivity index (χ1) is 15.6. The molecule has 176 valence electrons. The number of aliphatic hydroxyl groups excluding tert-OH is 1. The van der Waals surface area contributed by atoms with E-state index in [1.807, 2.05) is 6.92 Å². The number of rotatable bonds is 12. The Morgan fingerprint density at radius 1 is 1.31 bits per heavy atom. The van der Waals surface area contributed by atoms with Crippen LogP contribution in [-0.2, 0) is 9.53 Å². The van der Waals surface area contributed by atoms with Crippen molar-refractivity contribution in [3.8, 4) is 17.0 Å². The van der Waals surface area contributed by atoms with Gasteiger partial charge in [-0.15, -0.1) is 0 Å². The number of phenols is 1. The third-order valence-corrected chi connectivity index (χ3v) is 5.59. The van der Waals surface area contributed by atoms with Gasteiger partial charge in [0.25, 0.3) is 0 Å². The molecule has 0 radical (unpaired) electrons. The predicted molar refractivity (Wildman–Crippen MR) is 120 cm³/mol. The molecule has 0 bridgehead atoms. The maximum atomic E-state index is 12.7. The van der Waals surface area contributed by atoms with Gasteiger partial charge in [-0.25, -0.2) is 0 Å². The molecule has 4 N–H and O–H groups in total. The fourth-order valence-electron chi connectivity index (χ4n) is 3.57. The summed E-state index contributed by atoms with van der Waals surface area (Å²) in [6, 6.07) is 8.13. The molecule has 32 heavy (non-hydrogen) atoms. The van der Waals surface area contributed by atoms with Crippen molar-refractivity contribution in [2.45, 2.75) is 25.9 Å². The number of esters is 1. The molecule has 0 spiro atoms. The van der Waals surface area contributed by atoms with Crippen LogP contribution in [0.1, 0.15) is 31.6 Å². The van der Waals surface area contributed by atoms with Gasteiger partial charge >= 0.3 is 5.97 Å². The first-order valence-corrected chi connectivity index (χ1v) is 11.3. The van der Waals surface area contributed by atoms with Crippen molar-refractivity contribution in [2.75, 3.05) is 52.4 Å². The van der Waals surface area contributed by atoms with Crippen molar-refractivity contribution in [2.24, 2.45) is 5.92 Å². The van der Waals surface area contributed by atoms with E-state index in [1.165, 1.54) is 0 Å². The lowest BCUT2D eigenvalue weighted by Crippen LogP contribution is -2.46. The summed E-state index contributed by atoms with van der Waals surface area (Å²) in [5, 5.41) is 31.0. The topological polar surface area (TPSA) is 120 Å². The first kappa shape index (κ1) is 24.2. The van der Waals surface area contributed by atoms with Crippen molar-refractivity contribution >= 4 is 5.97 Å². The molecule has 3 rings (SSSR count). The van der Waals surface area contributed by atoms with Gasteiger partial charge in [-0.2, -0.15) is 0 Å². The van der Waals surface area contributed by atoms with Crippen molar-refractivity contribution in [1.82, 2.24) is 20.7 Å². The van der Waals surface area contributed by atoms with Gasteiger partial charge in [-0.3, -0.25) is 9.69 Å². The Hall–Kier alpha value is -2.46. The molecule has 2 unspecified atom stereocenters. The number of nitrogens with one attached hydrogen (secondary N) is 2. The van der Waals surface area contributed by atoms with Crippen molar-refractivity contribution in [3.05, 3.63) is 36.1 Å². The number of hydrogen-bond donors (Lipinski definition) is 4. The number of benzene rings is 1. The van der Waals surface area contributed by atoms with E-state index in [0.717, 1.165) is 51.1 Å². The van der Waals surface area contributed by atoms with Gasteiger partial charge in [0, 0.05) is 57.4 Å². The normalized spacial score (nSPS) is 16.6. The molecule has 0 amide bonds. The van der Waals surface area contributed by atoms with Gasteiger partial charge in [-0.05, 0) is 30.7 Å². The number of aromatic hydroxyl groups is 1. The summed E-state index contributed by atoms with van der Waals surface area (Å²) in [5.41, 5.74) is 1.25. The lowest BCUT2D eigenvalue weighted by Gasteiger charge is -2.27. The summed E-state index contributed by atoms with van der Waals surface area (Å²) in [4.78, 5) is 15.1. The molecule has 1 aromatic heterocycles. The maximum absolute atomic E-state index is 12.7. The summed E-state index contributed by atoms with van der Waals surface area (Å²) in [6.45, 7) is 8.19. The number of aromatic nitrogens is 1. The van der Waals surface area contributed by atoms with E-state index in [-0.39, 0.29) is 18.1 Å². The summed E-state index contributed by atoms with van der Waals surface area (Å²) in [6.07, 6.45) is 0.508. The summed E-state index contributed by atoms with van der Waals surface area (Å²) in [7, 11) is 0. The molecule has 2 atom stereocenters. The van der Waals surface area contributed by atoms with Gasteiger partial charge in [0.1, 0.15) is 23.5 Å². The summed E-state index contributed by atoms with van der Waals surface area (Å²) < 4.78 is 10.7. The van der Waals surface area contributed by atoms with Crippen LogP contribution in [-0.4, -0.2) is 78.7 Å². The van der Waals surface area contributed by atoms with Gasteiger partial charge in [0.2, 0.25) is 0 Å². The third kappa shape index (κ3) is 7.03. The van der Waals surface area contributed by atoms with Crippen LogP contribution in [0.3, 0.4) is 0 Å². The molecule has 9 heteroatoms. The molecule has 1 fully saturated rings. The van der Waals surface area contributed by atoms with Gasteiger partial charge in [-0.1, -0.05) is 18.5 Å². The van der Waals surface area contributed by atoms with Crippen molar-refractivity contribution < 1.29 is 24.3 Å². The standard InChI is InChI=1S/C23H34N4O5/c1-2-3-14-31-23(30)19(16-25-10-13-27-11-8-24-9-12-27)22(29)21-15-20(26-32-21)17-4-6-18(28)7-5-17/h4-7,15,19,22,24-25,28-29H,2-3,8-14,16H2,1H3. The zero-order valence-electron chi connectivity index (χ0n) is 18.6. The minimum absolute atomic E-state index is 0.152. The third-order valence-electron chi connectivity index (χ3n) is 5.59. The largest absolute Gasteiger partial charge is 0.508 e. The van der Waals surface area contributed by atoms with Crippen LogP contribution in [0, 0.1) is 5.92 Å². The van der Waals surface area contributed by atoms with Crippen LogP contribution in [0.15, 0.2) is 34.9 Å². The number of nitrogens with zero attached hydrogens (tertiary/aromatic N) is 2. The zero-order valence-corrected chi connectivity index (χ0v) is 18.6. The van der Waals surface area contributed by atoms with Gasteiger partial charge < -0.3 is 30.1 Å². The molecule has 1 aromatic carbocycles. The van der Waals surface area contributed by atoms with Crippen LogP contribution in [0.25, 0.3) is 11.3 Å². The Morgan fingerprint density at radius 3 is 2.78 bits per heavy atom. The number of aliphatic hydroxyl groups is 1. The SMILES string of the molecule is CCCCOC(=O)C(CNCCN1CCNCC1)C(O)c1cc(-c2ccc(O)cc2)no1. The Balaban J connectivity index is 1.61. The maximum Gasteiger partial charge on any atom is 0.313 e. The number of piperazine rings is 1. The van der Waals surface area contributed by atoms with Crippen LogP contribution in [0.5, 0.6) is 5.75 Å². The van der Waals surface area contributed by atoms with E-state index in [9.17, 15) is 15.0 Å². The monoisotopic (exact) mass is 446 g/mol. The highest BCUT2D eigenvalue weighted by Crippen LogP contribution is 2.28. The second-order valence-electron chi connectivity index (χ2n) is 8.03. The van der Waals surface area contributed by atoms with Gasteiger partial charge in [0.05, 0.1) is 6.61 Å². The average molecular weight is 447 g/mol. The first-order valence-electron chi connectivity index (χ1n) is 11.3. The Morgan fingerprint density at radius 2 is 2.06 bits per heavy atom.